The van der Waals surface area contributed by atoms with Gasteiger partial charge in [-0.2, -0.15) is 0 Å². The maximum absolute atomic E-state index is 12.2. The molecule has 1 heterocycles. The van der Waals surface area contributed by atoms with Crippen molar-refractivity contribution < 1.29 is 19.4 Å². The largest absolute Gasteiger partial charge is 0.481 e. The molecule has 21 heavy (non-hydrogen) atoms. The Kier molecular flexibility index (Phi) is 4.80. The van der Waals surface area contributed by atoms with E-state index < -0.39 is 11.9 Å². The zero-order chi connectivity index (χ0) is 15.4. The molecule has 1 atom stereocenters. The molecule has 6 heteroatoms. The topological polar surface area (TPSA) is 78.9 Å². The zero-order valence-electron chi connectivity index (χ0n) is 12.2. The molecule has 0 saturated carbocycles. The quantitative estimate of drug-likeness (QED) is 0.811. The molecule has 2 amide bonds. The molecule has 1 aromatic carbocycles. The standard InChI is InChI=1S/C15H20N2O4/c1-10(2)21-8-7-16-15(20)17-9-12(14(18)19)11-5-3-4-6-13(11)17/h3-6,10,12H,7-9H2,1-2H3,(H,16,20)(H,18,19). The third-order valence-electron chi connectivity index (χ3n) is 3.34. The molecule has 0 radical (unpaired) electrons. The summed E-state index contributed by atoms with van der Waals surface area (Å²) in [6.07, 6.45) is 0.116. The van der Waals surface area contributed by atoms with Crippen LogP contribution in [0.25, 0.3) is 0 Å². The molecule has 0 fully saturated rings. The number of hydrogen-bond acceptors (Lipinski definition) is 3. The Labute approximate surface area is 123 Å². The van der Waals surface area contributed by atoms with E-state index in [2.05, 4.69) is 5.32 Å². The molecular formula is C15H20N2O4. The van der Waals surface area contributed by atoms with E-state index in [-0.39, 0.29) is 18.7 Å². The van der Waals surface area contributed by atoms with Gasteiger partial charge >= 0.3 is 12.0 Å². The fraction of sp³-hybridized carbons (Fsp3) is 0.467. The molecular weight excluding hydrogens is 272 g/mol. The van der Waals surface area contributed by atoms with Gasteiger partial charge in [0.15, 0.2) is 0 Å². The van der Waals surface area contributed by atoms with E-state index in [0.717, 1.165) is 0 Å². The van der Waals surface area contributed by atoms with Gasteiger partial charge in [0.05, 0.1) is 12.7 Å². The van der Waals surface area contributed by atoms with Crippen LogP contribution in [0.3, 0.4) is 0 Å². The maximum atomic E-state index is 12.2. The summed E-state index contributed by atoms with van der Waals surface area (Å²) in [5.74, 6) is -1.58. The normalized spacial score (nSPS) is 16.9. The van der Waals surface area contributed by atoms with E-state index in [1.54, 1.807) is 24.3 Å². The summed E-state index contributed by atoms with van der Waals surface area (Å²) in [5, 5.41) is 12.0. The molecule has 1 unspecified atom stereocenters. The highest BCUT2D eigenvalue weighted by molar-refractivity contribution is 5.98. The molecule has 1 aliphatic heterocycles. The second-order valence-corrected chi connectivity index (χ2v) is 5.21. The molecule has 2 rings (SSSR count). The number of anilines is 1. The van der Waals surface area contributed by atoms with Crippen LogP contribution in [0.5, 0.6) is 0 Å². The SMILES string of the molecule is CC(C)OCCNC(=O)N1CC(C(=O)O)c2ccccc21. The molecule has 0 bridgehead atoms. The number of nitrogens with zero attached hydrogens (tertiary/aromatic N) is 1. The summed E-state index contributed by atoms with van der Waals surface area (Å²) >= 11 is 0. The number of aliphatic carboxylic acids is 1. The number of urea groups is 1. The van der Waals surface area contributed by atoms with Gasteiger partial charge in [-0.1, -0.05) is 18.2 Å². The van der Waals surface area contributed by atoms with Crippen molar-refractivity contribution in [3.8, 4) is 0 Å². The van der Waals surface area contributed by atoms with Gasteiger partial charge in [0.2, 0.25) is 0 Å². The van der Waals surface area contributed by atoms with Crippen LogP contribution in [0.2, 0.25) is 0 Å². The average molecular weight is 292 g/mol. The van der Waals surface area contributed by atoms with E-state index in [9.17, 15) is 14.7 Å². The molecule has 1 aliphatic rings. The Balaban J connectivity index is 2.01. The third kappa shape index (κ3) is 3.52. The number of rotatable bonds is 5. The molecule has 0 aromatic heterocycles. The van der Waals surface area contributed by atoms with Gasteiger partial charge in [0.1, 0.15) is 5.92 Å². The second kappa shape index (κ2) is 6.58. The van der Waals surface area contributed by atoms with Gasteiger partial charge in [0, 0.05) is 18.8 Å². The average Bonchev–Trinajstić information content (AvgIpc) is 2.83. The number of hydrogen-bond donors (Lipinski definition) is 2. The Hall–Kier alpha value is -2.08. The number of carbonyl (C=O) groups is 2. The summed E-state index contributed by atoms with van der Waals surface area (Å²) in [6.45, 7) is 4.84. The predicted octanol–water partition coefficient (Wildman–Crippen LogP) is 1.81. The summed E-state index contributed by atoms with van der Waals surface area (Å²) in [6, 6.07) is 6.81. The van der Waals surface area contributed by atoms with Crippen molar-refractivity contribution in [3.05, 3.63) is 29.8 Å². The van der Waals surface area contributed by atoms with Crippen LogP contribution >= 0.6 is 0 Å². The minimum absolute atomic E-state index is 0.116. The molecule has 114 valence electrons. The van der Waals surface area contributed by atoms with Crippen LogP contribution in [0, 0.1) is 0 Å². The first-order valence-corrected chi connectivity index (χ1v) is 6.99. The molecule has 1 aromatic rings. The Morgan fingerprint density at radius 1 is 1.43 bits per heavy atom. The van der Waals surface area contributed by atoms with Crippen molar-refractivity contribution in [1.29, 1.82) is 0 Å². The second-order valence-electron chi connectivity index (χ2n) is 5.21. The number of carboxylic acids is 1. The number of fused-ring (bicyclic) bond motifs is 1. The molecule has 0 spiro atoms. The van der Waals surface area contributed by atoms with Crippen LogP contribution in [0.15, 0.2) is 24.3 Å². The van der Waals surface area contributed by atoms with Crippen LogP contribution in [-0.4, -0.2) is 42.9 Å². The van der Waals surface area contributed by atoms with Gasteiger partial charge in [0.25, 0.3) is 0 Å². The van der Waals surface area contributed by atoms with Crippen LogP contribution in [0.4, 0.5) is 10.5 Å². The number of ether oxygens (including phenoxy) is 1. The molecule has 2 N–H and O–H groups in total. The lowest BCUT2D eigenvalue weighted by Gasteiger charge is -2.18. The van der Waals surface area contributed by atoms with E-state index in [0.29, 0.717) is 24.4 Å². The van der Waals surface area contributed by atoms with Crippen molar-refractivity contribution >= 4 is 17.7 Å². The summed E-state index contributed by atoms with van der Waals surface area (Å²) in [7, 11) is 0. The van der Waals surface area contributed by atoms with Gasteiger partial charge in [-0.05, 0) is 25.5 Å². The van der Waals surface area contributed by atoms with Crippen molar-refractivity contribution in [2.24, 2.45) is 0 Å². The number of amides is 2. The van der Waals surface area contributed by atoms with Crippen molar-refractivity contribution in [2.75, 3.05) is 24.6 Å². The van der Waals surface area contributed by atoms with E-state index in [4.69, 9.17) is 4.74 Å². The van der Waals surface area contributed by atoms with Crippen molar-refractivity contribution in [1.82, 2.24) is 5.32 Å². The van der Waals surface area contributed by atoms with Gasteiger partial charge in [-0.25, -0.2) is 4.79 Å². The first kappa shape index (κ1) is 15.3. The third-order valence-corrected chi connectivity index (χ3v) is 3.34. The summed E-state index contributed by atoms with van der Waals surface area (Å²) in [5.41, 5.74) is 1.34. The predicted molar refractivity (Wildman–Crippen MR) is 78.7 cm³/mol. The number of carboxylic acid groups (broad SMARTS) is 1. The van der Waals surface area contributed by atoms with Crippen LogP contribution in [-0.2, 0) is 9.53 Å². The van der Waals surface area contributed by atoms with Gasteiger partial charge in [-0.3, -0.25) is 9.69 Å². The first-order chi connectivity index (χ1) is 10.0. The minimum atomic E-state index is -0.916. The lowest BCUT2D eigenvalue weighted by Crippen LogP contribution is -2.41. The van der Waals surface area contributed by atoms with Gasteiger partial charge in [-0.15, -0.1) is 0 Å². The smallest absolute Gasteiger partial charge is 0.321 e. The Bertz CT molecular complexity index is 530. The van der Waals surface area contributed by atoms with Crippen LogP contribution < -0.4 is 10.2 Å². The van der Waals surface area contributed by atoms with E-state index >= 15 is 0 Å². The van der Waals surface area contributed by atoms with E-state index in [1.807, 2.05) is 13.8 Å². The molecule has 6 nitrogen and oxygen atoms in total. The molecule has 0 aliphatic carbocycles. The van der Waals surface area contributed by atoms with E-state index in [1.165, 1.54) is 4.90 Å². The number of benzene rings is 1. The fourth-order valence-corrected chi connectivity index (χ4v) is 2.36. The fourth-order valence-electron chi connectivity index (χ4n) is 2.36. The summed E-state index contributed by atoms with van der Waals surface area (Å²) in [4.78, 5) is 25.0. The Morgan fingerprint density at radius 2 is 2.14 bits per heavy atom. The zero-order valence-corrected chi connectivity index (χ0v) is 12.2. The van der Waals surface area contributed by atoms with Crippen molar-refractivity contribution in [3.63, 3.8) is 0 Å². The highest BCUT2D eigenvalue weighted by Gasteiger charge is 2.36. The lowest BCUT2D eigenvalue weighted by molar-refractivity contribution is -0.138. The van der Waals surface area contributed by atoms with Gasteiger partial charge < -0.3 is 15.2 Å². The summed E-state index contributed by atoms with van der Waals surface area (Å²) < 4.78 is 5.36. The number of para-hydroxylation sites is 1. The minimum Gasteiger partial charge on any atom is -0.481 e. The number of carbonyl (C=O) groups excluding carboxylic acids is 1. The Morgan fingerprint density at radius 3 is 2.81 bits per heavy atom. The van der Waals surface area contributed by atoms with Crippen molar-refractivity contribution in [2.45, 2.75) is 25.9 Å². The maximum Gasteiger partial charge on any atom is 0.321 e. The lowest BCUT2D eigenvalue weighted by atomic mass is 10.0. The highest BCUT2D eigenvalue weighted by Crippen LogP contribution is 2.36. The van der Waals surface area contributed by atoms with Crippen LogP contribution in [0.1, 0.15) is 25.3 Å². The molecule has 0 saturated heterocycles. The first-order valence-electron chi connectivity index (χ1n) is 6.99. The monoisotopic (exact) mass is 292 g/mol. The number of nitrogens with one attached hydrogen (secondary N) is 1. The highest BCUT2D eigenvalue weighted by atomic mass is 16.5.